The van der Waals surface area contributed by atoms with Crippen molar-refractivity contribution in [1.82, 2.24) is 0 Å². The molecule has 0 heterocycles. The Balaban J connectivity index is 2.82. The number of carbonyl (C=O) groups excluding carboxylic acids is 1. The number of hydrogen-bond donors (Lipinski definition) is 0. The average molecular weight is 332 g/mol. The number of aryl methyl sites for hydroxylation is 1. The molecule has 0 aromatic heterocycles. The highest BCUT2D eigenvalue weighted by Gasteiger charge is 2.34. The molecule has 1 aromatic carbocycles. The van der Waals surface area contributed by atoms with Crippen LogP contribution >= 0.6 is 0 Å². The van der Waals surface area contributed by atoms with Crippen molar-refractivity contribution in [3.8, 4) is 0 Å². The second-order valence-electron chi connectivity index (χ2n) is 4.63. The predicted octanol–water partition coefficient (Wildman–Crippen LogP) is 1.25. The Morgan fingerprint density at radius 1 is 1.09 bits per heavy atom. The molecule has 0 amide bonds. The molecular weight excluding hydrogens is 312 g/mol. The smallest absolute Gasteiger partial charge is 0.302 e. The normalized spacial score (nSPS) is 12.2. The van der Waals surface area contributed by atoms with Crippen molar-refractivity contribution in [1.29, 1.82) is 0 Å². The zero-order valence-electron chi connectivity index (χ0n) is 13.0. The van der Waals surface area contributed by atoms with Crippen LogP contribution in [0.25, 0.3) is 0 Å². The minimum atomic E-state index is -3.97. The summed E-state index contributed by atoms with van der Waals surface area (Å²) in [5.74, 6) is -2.04. The van der Waals surface area contributed by atoms with E-state index in [-0.39, 0.29) is 11.5 Å². The summed E-state index contributed by atoms with van der Waals surface area (Å²) in [4.78, 5) is 10.9. The standard InChI is InChI=1S/C14H20O7S/c1-11-5-7-13(8-6-11)22(16,17)21-10-14(18-3,19-4)9-20-12(2)15/h5-8H,9-10H2,1-4H3. The number of esters is 1. The first-order valence-electron chi connectivity index (χ1n) is 6.44. The number of hydrogen-bond acceptors (Lipinski definition) is 7. The van der Waals surface area contributed by atoms with Gasteiger partial charge in [-0.3, -0.25) is 8.98 Å². The van der Waals surface area contributed by atoms with Gasteiger partial charge >= 0.3 is 5.97 Å². The van der Waals surface area contributed by atoms with Crippen LogP contribution in [-0.2, 0) is 33.3 Å². The summed E-state index contributed by atoms with van der Waals surface area (Å²) in [6.07, 6.45) is 0. The maximum atomic E-state index is 12.1. The molecule has 0 saturated carbocycles. The van der Waals surface area contributed by atoms with Gasteiger partial charge in [0, 0.05) is 21.1 Å². The Hall–Kier alpha value is -1.48. The summed E-state index contributed by atoms with van der Waals surface area (Å²) in [5.41, 5.74) is 0.928. The largest absolute Gasteiger partial charge is 0.460 e. The van der Waals surface area contributed by atoms with Crippen LogP contribution in [0, 0.1) is 6.92 Å². The van der Waals surface area contributed by atoms with E-state index < -0.39 is 28.5 Å². The first kappa shape index (κ1) is 18.6. The maximum Gasteiger partial charge on any atom is 0.302 e. The molecule has 7 nitrogen and oxygen atoms in total. The third-order valence-electron chi connectivity index (χ3n) is 2.98. The van der Waals surface area contributed by atoms with E-state index in [1.807, 2.05) is 6.92 Å². The Kier molecular flexibility index (Phi) is 6.48. The molecule has 0 saturated heterocycles. The van der Waals surface area contributed by atoms with Crippen LogP contribution in [0.5, 0.6) is 0 Å². The average Bonchev–Trinajstić information content (AvgIpc) is 2.48. The van der Waals surface area contributed by atoms with Crippen LogP contribution < -0.4 is 0 Å². The number of ether oxygens (including phenoxy) is 3. The van der Waals surface area contributed by atoms with Gasteiger partial charge in [0.05, 0.1) is 4.90 Å². The summed E-state index contributed by atoms with van der Waals surface area (Å²) < 4.78 is 44.2. The van der Waals surface area contributed by atoms with Crippen LogP contribution in [0.1, 0.15) is 12.5 Å². The SMILES string of the molecule is COC(COC(C)=O)(COS(=O)(=O)c1ccc(C)cc1)OC. The minimum absolute atomic E-state index is 0.0201. The quantitative estimate of drug-likeness (QED) is 0.402. The molecule has 0 spiro atoms. The molecule has 0 atom stereocenters. The maximum absolute atomic E-state index is 12.1. The third kappa shape index (κ3) is 5.06. The summed E-state index contributed by atoms with van der Waals surface area (Å²) in [7, 11) is -1.37. The summed E-state index contributed by atoms with van der Waals surface area (Å²) in [6, 6.07) is 6.21. The number of methoxy groups -OCH3 is 2. The van der Waals surface area contributed by atoms with Crippen molar-refractivity contribution < 1.29 is 31.6 Å². The van der Waals surface area contributed by atoms with E-state index in [2.05, 4.69) is 0 Å². The van der Waals surface area contributed by atoms with Crippen molar-refractivity contribution in [2.75, 3.05) is 27.4 Å². The molecule has 8 heteroatoms. The van der Waals surface area contributed by atoms with Gasteiger partial charge in [-0.2, -0.15) is 8.42 Å². The highest BCUT2D eigenvalue weighted by atomic mass is 32.2. The fourth-order valence-electron chi connectivity index (χ4n) is 1.51. The summed E-state index contributed by atoms with van der Waals surface area (Å²) in [5, 5.41) is 0. The van der Waals surface area contributed by atoms with Gasteiger partial charge in [0.15, 0.2) is 0 Å². The lowest BCUT2D eigenvalue weighted by Gasteiger charge is -2.29. The van der Waals surface area contributed by atoms with Crippen LogP contribution in [-0.4, -0.2) is 47.6 Å². The van der Waals surface area contributed by atoms with E-state index in [9.17, 15) is 13.2 Å². The third-order valence-corrected chi connectivity index (χ3v) is 4.26. The molecule has 1 aromatic rings. The minimum Gasteiger partial charge on any atom is -0.460 e. The molecule has 0 unspecified atom stereocenters. The molecule has 0 aliphatic rings. The second kappa shape index (κ2) is 7.68. The molecule has 0 aliphatic carbocycles. The van der Waals surface area contributed by atoms with Gasteiger partial charge in [0.2, 0.25) is 5.79 Å². The predicted molar refractivity (Wildman–Crippen MR) is 77.7 cm³/mol. The van der Waals surface area contributed by atoms with Crippen LogP contribution in [0.2, 0.25) is 0 Å². The van der Waals surface area contributed by atoms with E-state index in [0.29, 0.717) is 0 Å². The van der Waals surface area contributed by atoms with E-state index >= 15 is 0 Å². The van der Waals surface area contributed by atoms with Crippen molar-refractivity contribution in [2.24, 2.45) is 0 Å². The van der Waals surface area contributed by atoms with Crippen molar-refractivity contribution in [2.45, 2.75) is 24.5 Å². The molecule has 0 N–H and O–H groups in total. The van der Waals surface area contributed by atoms with Gasteiger partial charge in [0.1, 0.15) is 13.2 Å². The topological polar surface area (TPSA) is 88.1 Å². The summed E-state index contributed by atoms with van der Waals surface area (Å²) in [6.45, 7) is 2.32. The fraction of sp³-hybridized carbons (Fsp3) is 0.500. The van der Waals surface area contributed by atoms with Gasteiger partial charge in [-0.1, -0.05) is 17.7 Å². The number of carbonyl (C=O) groups is 1. The first-order chi connectivity index (χ1) is 10.2. The Morgan fingerprint density at radius 3 is 2.09 bits per heavy atom. The van der Waals surface area contributed by atoms with E-state index in [4.69, 9.17) is 18.4 Å². The Morgan fingerprint density at radius 2 is 1.64 bits per heavy atom. The highest BCUT2D eigenvalue weighted by Crippen LogP contribution is 2.18. The lowest BCUT2D eigenvalue weighted by Crippen LogP contribution is -2.44. The Labute approximate surface area is 130 Å². The summed E-state index contributed by atoms with van der Waals surface area (Å²) >= 11 is 0. The zero-order valence-corrected chi connectivity index (χ0v) is 13.8. The lowest BCUT2D eigenvalue weighted by atomic mass is 10.2. The van der Waals surface area contributed by atoms with Crippen molar-refractivity contribution in [3.63, 3.8) is 0 Å². The number of benzene rings is 1. The van der Waals surface area contributed by atoms with Crippen LogP contribution in [0.15, 0.2) is 29.2 Å². The molecule has 0 aliphatic heterocycles. The van der Waals surface area contributed by atoms with Gasteiger partial charge in [0.25, 0.3) is 10.1 Å². The molecule has 0 bridgehead atoms. The molecular formula is C14H20O7S. The molecule has 0 radical (unpaired) electrons. The highest BCUT2D eigenvalue weighted by molar-refractivity contribution is 7.86. The van der Waals surface area contributed by atoms with Gasteiger partial charge in [-0.15, -0.1) is 0 Å². The van der Waals surface area contributed by atoms with Crippen molar-refractivity contribution in [3.05, 3.63) is 29.8 Å². The van der Waals surface area contributed by atoms with Gasteiger partial charge < -0.3 is 14.2 Å². The fourth-order valence-corrected chi connectivity index (χ4v) is 2.45. The zero-order chi connectivity index (χ0) is 16.8. The monoisotopic (exact) mass is 332 g/mol. The molecule has 0 fully saturated rings. The van der Waals surface area contributed by atoms with Crippen molar-refractivity contribution >= 4 is 16.1 Å². The van der Waals surface area contributed by atoms with Gasteiger partial charge in [-0.25, -0.2) is 0 Å². The lowest BCUT2D eigenvalue weighted by molar-refractivity contribution is -0.245. The van der Waals surface area contributed by atoms with Gasteiger partial charge in [-0.05, 0) is 19.1 Å². The Bertz CT molecular complexity index is 588. The molecule has 124 valence electrons. The van der Waals surface area contributed by atoms with Crippen LogP contribution in [0.3, 0.4) is 0 Å². The van der Waals surface area contributed by atoms with E-state index in [1.165, 1.54) is 33.3 Å². The first-order valence-corrected chi connectivity index (χ1v) is 7.85. The number of rotatable bonds is 8. The van der Waals surface area contributed by atoms with E-state index in [1.54, 1.807) is 12.1 Å². The van der Waals surface area contributed by atoms with Crippen LogP contribution in [0.4, 0.5) is 0 Å². The molecule has 22 heavy (non-hydrogen) atoms. The second-order valence-corrected chi connectivity index (χ2v) is 6.24. The molecule has 1 rings (SSSR count). The van der Waals surface area contributed by atoms with E-state index in [0.717, 1.165) is 5.56 Å².